The fourth-order valence-corrected chi connectivity index (χ4v) is 2.64. The molecule has 2 aromatic carbocycles. The quantitative estimate of drug-likeness (QED) is 0.531. The first-order valence-corrected chi connectivity index (χ1v) is 9.51. The van der Waals surface area contributed by atoms with Gasteiger partial charge in [-0.05, 0) is 62.4 Å². The van der Waals surface area contributed by atoms with E-state index in [-0.39, 0.29) is 29.8 Å². The summed E-state index contributed by atoms with van der Waals surface area (Å²) in [7, 11) is 0. The zero-order chi connectivity index (χ0) is 22.4. The van der Waals surface area contributed by atoms with Crippen LogP contribution in [0.2, 0.25) is 0 Å². The lowest BCUT2D eigenvalue weighted by Crippen LogP contribution is -2.29. The molecule has 1 heterocycles. The largest absolute Gasteiger partial charge is 0.464 e. The van der Waals surface area contributed by atoms with Crippen molar-refractivity contribution in [3.05, 3.63) is 66.1 Å². The zero-order valence-corrected chi connectivity index (χ0v) is 17.0. The number of nitrogens with two attached hydrogens (primary N) is 1. The predicted molar refractivity (Wildman–Crippen MR) is 112 cm³/mol. The van der Waals surface area contributed by atoms with Gasteiger partial charge in [-0.15, -0.1) is 0 Å². The Hall–Kier alpha value is -4.01. The van der Waals surface area contributed by atoms with Crippen molar-refractivity contribution in [2.75, 3.05) is 11.9 Å². The summed E-state index contributed by atoms with van der Waals surface area (Å²) >= 11 is 0. The van der Waals surface area contributed by atoms with Gasteiger partial charge in [0.1, 0.15) is 34.9 Å². The minimum Gasteiger partial charge on any atom is -0.464 e. The van der Waals surface area contributed by atoms with Crippen molar-refractivity contribution in [1.82, 2.24) is 9.97 Å². The number of ether oxygens (including phenoxy) is 2. The van der Waals surface area contributed by atoms with E-state index in [2.05, 4.69) is 15.3 Å². The van der Waals surface area contributed by atoms with E-state index in [4.69, 9.17) is 15.2 Å². The molecular formula is C22H21FN4O4. The summed E-state index contributed by atoms with van der Waals surface area (Å²) < 4.78 is 23.6. The molecule has 3 N–H and O–H groups in total. The molecule has 0 saturated carbocycles. The third kappa shape index (κ3) is 5.75. The van der Waals surface area contributed by atoms with Crippen LogP contribution in [0.4, 0.5) is 10.2 Å². The normalized spacial score (nSPS) is 11.5. The average Bonchev–Trinajstić information content (AvgIpc) is 2.75. The molecule has 0 bridgehead atoms. The third-order valence-corrected chi connectivity index (χ3v) is 4.14. The number of hydrogen-bond acceptors (Lipinski definition) is 7. The maximum absolute atomic E-state index is 13.0. The smallest absolute Gasteiger partial charge is 0.328 e. The summed E-state index contributed by atoms with van der Waals surface area (Å²) in [5, 5.41) is 2.89. The number of esters is 1. The molecule has 0 saturated heterocycles. The molecule has 9 heteroatoms. The van der Waals surface area contributed by atoms with E-state index in [0.29, 0.717) is 17.1 Å². The summed E-state index contributed by atoms with van der Waals surface area (Å²) in [5.41, 5.74) is 5.99. The average molecular weight is 424 g/mol. The minimum absolute atomic E-state index is 0.00445. The number of aromatic nitrogens is 2. The van der Waals surface area contributed by atoms with Crippen LogP contribution in [0.25, 0.3) is 11.4 Å². The van der Waals surface area contributed by atoms with Crippen LogP contribution in [0.15, 0.2) is 54.6 Å². The molecule has 0 aliphatic carbocycles. The Bertz CT molecular complexity index is 1070. The summed E-state index contributed by atoms with van der Waals surface area (Å²) in [5.74, 6) is -0.0290. The number of nitrogens with one attached hydrogen (secondary N) is 1. The van der Waals surface area contributed by atoms with Gasteiger partial charge in [0.2, 0.25) is 0 Å². The molecular weight excluding hydrogens is 403 g/mol. The highest BCUT2D eigenvalue weighted by Crippen LogP contribution is 2.25. The highest BCUT2D eigenvalue weighted by atomic mass is 19.1. The number of hydrogen-bond donors (Lipinski definition) is 2. The molecule has 0 fully saturated rings. The van der Waals surface area contributed by atoms with Crippen LogP contribution in [0.5, 0.6) is 11.5 Å². The van der Waals surface area contributed by atoms with Crippen LogP contribution in [-0.2, 0) is 9.53 Å². The third-order valence-electron chi connectivity index (χ3n) is 4.14. The van der Waals surface area contributed by atoms with Gasteiger partial charge in [0.25, 0.3) is 5.91 Å². The number of halogens is 1. The summed E-state index contributed by atoms with van der Waals surface area (Å²) in [6.45, 7) is 3.58. The number of benzene rings is 2. The van der Waals surface area contributed by atoms with Crippen molar-refractivity contribution in [2.45, 2.75) is 19.9 Å². The van der Waals surface area contributed by atoms with Crippen LogP contribution in [-0.4, -0.2) is 34.5 Å². The van der Waals surface area contributed by atoms with Crippen LogP contribution < -0.4 is 15.8 Å². The van der Waals surface area contributed by atoms with Crippen molar-refractivity contribution >= 4 is 17.7 Å². The van der Waals surface area contributed by atoms with Gasteiger partial charge in [-0.2, -0.15) is 0 Å². The van der Waals surface area contributed by atoms with Crippen LogP contribution in [0.3, 0.4) is 0 Å². The molecule has 0 aliphatic rings. The minimum atomic E-state index is -0.730. The Morgan fingerprint density at radius 2 is 1.68 bits per heavy atom. The second-order valence-electron chi connectivity index (χ2n) is 6.52. The Kier molecular flexibility index (Phi) is 6.76. The monoisotopic (exact) mass is 424 g/mol. The second-order valence-corrected chi connectivity index (χ2v) is 6.52. The number of anilines is 1. The molecule has 3 rings (SSSR count). The highest BCUT2D eigenvalue weighted by Gasteiger charge is 2.17. The Morgan fingerprint density at radius 1 is 1.06 bits per heavy atom. The van der Waals surface area contributed by atoms with Crippen LogP contribution in [0.1, 0.15) is 24.3 Å². The van der Waals surface area contributed by atoms with Gasteiger partial charge in [-0.25, -0.2) is 19.2 Å². The van der Waals surface area contributed by atoms with Gasteiger partial charge in [0.15, 0.2) is 5.82 Å². The van der Waals surface area contributed by atoms with E-state index in [0.717, 1.165) is 0 Å². The zero-order valence-electron chi connectivity index (χ0n) is 17.0. The Labute approximate surface area is 178 Å². The fraction of sp³-hybridized carbons (Fsp3) is 0.182. The lowest BCUT2D eigenvalue weighted by atomic mass is 10.2. The summed E-state index contributed by atoms with van der Waals surface area (Å²) in [6, 6.07) is 13.1. The molecule has 1 atom stereocenters. The molecule has 31 heavy (non-hydrogen) atoms. The maximum atomic E-state index is 13.0. The van der Waals surface area contributed by atoms with E-state index in [9.17, 15) is 14.0 Å². The summed E-state index contributed by atoms with van der Waals surface area (Å²) in [4.78, 5) is 32.1. The predicted octanol–water partition coefficient (Wildman–Crippen LogP) is 3.54. The van der Waals surface area contributed by atoms with Crippen molar-refractivity contribution in [1.29, 1.82) is 0 Å². The van der Waals surface area contributed by atoms with Gasteiger partial charge in [0.05, 0.1) is 6.61 Å². The number of carbonyl (C=O) groups is 2. The lowest BCUT2D eigenvalue weighted by Gasteiger charge is -2.14. The molecule has 3 aromatic rings. The van der Waals surface area contributed by atoms with Gasteiger partial charge < -0.3 is 20.5 Å². The molecule has 0 aliphatic heterocycles. The Balaban J connectivity index is 1.83. The number of rotatable bonds is 8. The SMILES string of the molecule is CCOC(=O)[C@H](C)Nc1cc(C(N)=O)nc(-c2ccc(Oc3ccc(F)cc3)cc2)n1. The molecule has 0 spiro atoms. The standard InChI is InChI=1S/C22H21FN4O4/c1-3-30-22(29)13(2)25-19-12-18(20(24)28)26-21(27-19)14-4-8-16(9-5-14)31-17-10-6-15(23)7-11-17/h4-13H,3H2,1-2H3,(H2,24,28)(H,25,26,27)/t13-/m0/s1. The van der Waals surface area contributed by atoms with Gasteiger partial charge in [-0.1, -0.05) is 0 Å². The van der Waals surface area contributed by atoms with E-state index in [1.165, 1.54) is 30.3 Å². The maximum Gasteiger partial charge on any atom is 0.328 e. The molecule has 0 radical (unpaired) electrons. The van der Waals surface area contributed by atoms with Crippen LogP contribution >= 0.6 is 0 Å². The number of carbonyl (C=O) groups excluding carboxylic acids is 2. The van der Waals surface area contributed by atoms with Gasteiger partial charge in [0, 0.05) is 11.6 Å². The number of amides is 1. The summed E-state index contributed by atoms with van der Waals surface area (Å²) in [6.07, 6.45) is 0. The van der Waals surface area contributed by atoms with E-state index < -0.39 is 17.9 Å². The number of primary amides is 1. The van der Waals surface area contributed by atoms with E-state index in [1.54, 1.807) is 38.1 Å². The first kappa shape index (κ1) is 21.7. The first-order valence-electron chi connectivity index (χ1n) is 9.51. The van der Waals surface area contributed by atoms with Crippen molar-refractivity contribution in [3.8, 4) is 22.9 Å². The lowest BCUT2D eigenvalue weighted by molar-refractivity contribution is -0.143. The molecule has 160 valence electrons. The van der Waals surface area contributed by atoms with Gasteiger partial charge >= 0.3 is 5.97 Å². The second kappa shape index (κ2) is 9.66. The Morgan fingerprint density at radius 3 is 2.26 bits per heavy atom. The molecule has 1 amide bonds. The molecule has 0 unspecified atom stereocenters. The van der Waals surface area contributed by atoms with Crippen molar-refractivity contribution in [2.24, 2.45) is 5.73 Å². The van der Waals surface area contributed by atoms with E-state index in [1.807, 2.05) is 0 Å². The molecule has 1 aromatic heterocycles. The first-order chi connectivity index (χ1) is 14.9. The van der Waals surface area contributed by atoms with Crippen LogP contribution in [0, 0.1) is 5.82 Å². The fourth-order valence-electron chi connectivity index (χ4n) is 2.64. The topological polar surface area (TPSA) is 116 Å². The van der Waals surface area contributed by atoms with Gasteiger partial charge in [-0.3, -0.25) is 4.79 Å². The van der Waals surface area contributed by atoms with E-state index >= 15 is 0 Å². The van der Waals surface area contributed by atoms with Crippen molar-refractivity contribution < 1.29 is 23.5 Å². The molecule has 8 nitrogen and oxygen atoms in total. The number of nitrogens with zero attached hydrogens (tertiary/aromatic N) is 2. The van der Waals surface area contributed by atoms with Crippen molar-refractivity contribution in [3.63, 3.8) is 0 Å². The highest BCUT2D eigenvalue weighted by molar-refractivity contribution is 5.92.